The van der Waals surface area contributed by atoms with Crippen LogP contribution in [0.1, 0.15) is 31.9 Å². The fourth-order valence-corrected chi connectivity index (χ4v) is 2.19. The normalized spacial score (nSPS) is 11.9. The van der Waals surface area contributed by atoms with E-state index in [0.29, 0.717) is 17.7 Å². The number of carboxylic acids is 1. The maximum absolute atomic E-state index is 12.9. The van der Waals surface area contributed by atoms with Gasteiger partial charge in [0.05, 0.1) is 12.1 Å². The van der Waals surface area contributed by atoms with Crippen molar-refractivity contribution in [2.75, 3.05) is 0 Å². The first-order valence-corrected chi connectivity index (χ1v) is 7.72. The van der Waals surface area contributed by atoms with Gasteiger partial charge in [0.2, 0.25) is 11.8 Å². The maximum atomic E-state index is 12.9. The number of oxazole rings is 1. The molecule has 0 aliphatic rings. The summed E-state index contributed by atoms with van der Waals surface area (Å²) in [6, 6.07) is 4.72. The quantitative estimate of drug-likeness (QED) is 0.774. The van der Waals surface area contributed by atoms with Gasteiger partial charge >= 0.3 is 5.97 Å². The average Bonchev–Trinajstić information content (AvgIpc) is 3.00. The van der Waals surface area contributed by atoms with Gasteiger partial charge in [-0.3, -0.25) is 4.79 Å². The zero-order chi connectivity index (χ0) is 17.5. The predicted octanol–water partition coefficient (Wildman–Crippen LogP) is 2.78. The van der Waals surface area contributed by atoms with Crippen molar-refractivity contribution in [3.63, 3.8) is 0 Å². The van der Waals surface area contributed by atoms with Crippen molar-refractivity contribution < 1.29 is 23.5 Å². The molecule has 0 unspecified atom stereocenters. The lowest BCUT2D eigenvalue weighted by Gasteiger charge is -2.13. The molecule has 2 aromatic rings. The highest BCUT2D eigenvalue weighted by Gasteiger charge is 2.20. The van der Waals surface area contributed by atoms with E-state index in [1.54, 1.807) is 0 Å². The lowest BCUT2D eigenvalue weighted by atomic mass is 10.1. The monoisotopic (exact) mass is 334 g/mol. The summed E-state index contributed by atoms with van der Waals surface area (Å²) < 4.78 is 18.2. The van der Waals surface area contributed by atoms with Crippen LogP contribution in [-0.2, 0) is 16.0 Å². The fourth-order valence-electron chi connectivity index (χ4n) is 2.19. The summed E-state index contributed by atoms with van der Waals surface area (Å²) in [6.45, 7) is 1.95. The van der Waals surface area contributed by atoms with Gasteiger partial charge in [-0.05, 0) is 30.7 Å². The van der Waals surface area contributed by atoms with Crippen molar-refractivity contribution in [2.45, 2.75) is 38.6 Å². The third-order valence-electron chi connectivity index (χ3n) is 3.46. The zero-order valence-electron chi connectivity index (χ0n) is 13.3. The van der Waals surface area contributed by atoms with E-state index in [9.17, 15) is 14.0 Å². The number of unbranched alkanes of at least 4 members (excludes halogenated alkanes) is 1. The van der Waals surface area contributed by atoms with E-state index in [-0.39, 0.29) is 18.1 Å². The molecular formula is C17H19FN2O4. The molecule has 0 aliphatic carbocycles. The molecule has 1 amide bonds. The number of nitrogens with one attached hydrogen (secondary N) is 1. The third-order valence-corrected chi connectivity index (χ3v) is 3.46. The number of nitrogens with zero attached hydrogens (tertiary/aromatic N) is 1. The minimum Gasteiger partial charge on any atom is -0.480 e. The van der Waals surface area contributed by atoms with Gasteiger partial charge in [0.15, 0.2) is 0 Å². The highest BCUT2D eigenvalue weighted by Crippen LogP contribution is 2.19. The molecule has 6 nitrogen and oxygen atoms in total. The van der Waals surface area contributed by atoms with Crippen molar-refractivity contribution in [2.24, 2.45) is 0 Å². The molecule has 128 valence electrons. The lowest BCUT2D eigenvalue weighted by Crippen LogP contribution is -2.41. The molecule has 1 atom stereocenters. The van der Waals surface area contributed by atoms with Crippen LogP contribution < -0.4 is 5.32 Å². The SMILES string of the molecule is CCCC[C@H](NC(=O)Cc1coc(-c2ccc(F)cc2)n1)C(=O)O. The number of carbonyl (C=O) groups excluding carboxylic acids is 1. The Labute approximate surface area is 138 Å². The van der Waals surface area contributed by atoms with Crippen LogP contribution in [0.15, 0.2) is 34.9 Å². The Morgan fingerprint density at radius 1 is 1.33 bits per heavy atom. The van der Waals surface area contributed by atoms with Crippen LogP contribution in [0.5, 0.6) is 0 Å². The molecule has 2 N–H and O–H groups in total. The van der Waals surface area contributed by atoms with Gasteiger partial charge in [-0.15, -0.1) is 0 Å². The Hall–Kier alpha value is -2.70. The summed E-state index contributed by atoms with van der Waals surface area (Å²) in [5.41, 5.74) is 0.973. The molecule has 7 heteroatoms. The van der Waals surface area contributed by atoms with Crippen LogP contribution in [0.25, 0.3) is 11.5 Å². The molecule has 0 saturated carbocycles. The van der Waals surface area contributed by atoms with E-state index < -0.39 is 17.9 Å². The number of hydrogen-bond acceptors (Lipinski definition) is 4. The van der Waals surface area contributed by atoms with E-state index in [0.717, 1.165) is 12.8 Å². The highest BCUT2D eigenvalue weighted by atomic mass is 19.1. The number of aliphatic carboxylic acids is 1. The number of amides is 1. The number of benzene rings is 1. The van der Waals surface area contributed by atoms with Crippen LogP contribution >= 0.6 is 0 Å². The Bertz CT molecular complexity index is 697. The van der Waals surface area contributed by atoms with Crippen LogP contribution in [0.3, 0.4) is 0 Å². The van der Waals surface area contributed by atoms with Crippen molar-refractivity contribution in [3.8, 4) is 11.5 Å². The summed E-state index contributed by atoms with van der Waals surface area (Å²) in [6.07, 6.45) is 3.21. The second-order valence-electron chi connectivity index (χ2n) is 5.43. The molecule has 0 spiro atoms. The van der Waals surface area contributed by atoms with Crippen LogP contribution in [0, 0.1) is 5.82 Å². The molecule has 1 aromatic carbocycles. The number of carbonyl (C=O) groups is 2. The molecule has 2 rings (SSSR count). The smallest absolute Gasteiger partial charge is 0.326 e. The molecule has 1 heterocycles. The third kappa shape index (κ3) is 4.91. The minimum absolute atomic E-state index is 0.0827. The van der Waals surface area contributed by atoms with Crippen molar-refractivity contribution in [1.82, 2.24) is 10.3 Å². The molecule has 0 bridgehead atoms. The second-order valence-corrected chi connectivity index (χ2v) is 5.43. The Morgan fingerprint density at radius 2 is 2.04 bits per heavy atom. The fraction of sp³-hybridized carbons (Fsp3) is 0.353. The molecular weight excluding hydrogens is 315 g/mol. The molecule has 1 aromatic heterocycles. The van der Waals surface area contributed by atoms with Crippen LogP contribution in [0.4, 0.5) is 4.39 Å². The van der Waals surface area contributed by atoms with Crippen molar-refractivity contribution in [1.29, 1.82) is 0 Å². The van der Waals surface area contributed by atoms with E-state index >= 15 is 0 Å². The zero-order valence-corrected chi connectivity index (χ0v) is 13.3. The number of carboxylic acid groups (broad SMARTS) is 1. The number of aromatic nitrogens is 1. The van der Waals surface area contributed by atoms with Gasteiger partial charge in [-0.2, -0.15) is 0 Å². The van der Waals surface area contributed by atoms with Crippen molar-refractivity contribution >= 4 is 11.9 Å². The topological polar surface area (TPSA) is 92.4 Å². The summed E-state index contributed by atoms with van der Waals surface area (Å²) in [7, 11) is 0. The molecule has 0 radical (unpaired) electrons. The second kappa shape index (κ2) is 8.24. The van der Waals surface area contributed by atoms with Gasteiger partial charge in [-0.25, -0.2) is 14.2 Å². The summed E-state index contributed by atoms with van der Waals surface area (Å²) in [5.74, 6) is -1.57. The van der Waals surface area contributed by atoms with Gasteiger partial charge in [0.25, 0.3) is 0 Å². The Balaban J connectivity index is 1.97. The predicted molar refractivity (Wildman–Crippen MR) is 84.7 cm³/mol. The van der Waals surface area contributed by atoms with Gasteiger partial charge in [-0.1, -0.05) is 19.8 Å². The molecule has 0 aliphatic heterocycles. The molecule has 24 heavy (non-hydrogen) atoms. The van der Waals surface area contributed by atoms with Crippen LogP contribution in [-0.4, -0.2) is 28.0 Å². The number of rotatable bonds is 8. The van der Waals surface area contributed by atoms with Gasteiger partial charge in [0, 0.05) is 5.56 Å². The number of halogens is 1. The van der Waals surface area contributed by atoms with Gasteiger partial charge in [0.1, 0.15) is 18.1 Å². The molecule has 0 saturated heterocycles. The van der Waals surface area contributed by atoms with Crippen molar-refractivity contribution in [3.05, 3.63) is 42.0 Å². The van der Waals surface area contributed by atoms with Gasteiger partial charge < -0.3 is 14.8 Å². The van der Waals surface area contributed by atoms with E-state index in [4.69, 9.17) is 9.52 Å². The first-order valence-electron chi connectivity index (χ1n) is 7.72. The Kier molecular flexibility index (Phi) is 6.06. The summed E-state index contributed by atoms with van der Waals surface area (Å²) in [5, 5.41) is 11.6. The average molecular weight is 334 g/mol. The summed E-state index contributed by atoms with van der Waals surface area (Å²) >= 11 is 0. The highest BCUT2D eigenvalue weighted by molar-refractivity contribution is 5.84. The van der Waals surface area contributed by atoms with E-state index in [1.807, 2.05) is 6.92 Å². The lowest BCUT2D eigenvalue weighted by molar-refractivity contribution is -0.142. The minimum atomic E-state index is -1.05. The molecule has 0 fully saturated rings. The standard InChI is InChI=1S/C17H19FN2O4/c1-2-3-4-14(17(22)23)20-15(21)9-13-10-24-16(19-13)11-5-7-12(18)8-6-11/h5-8,10,14H,2-4,9H2,1H3,(H,20,21)(H,22,23)/t14-/m0/s1. The maximum Gasteiger partial charge on any atom is 0.326 e. The number of hydrogen-bond donors (Lipinski definition) is 2. The summed E-state index contributed by atoms with van der Waals surface area (Å²) in [4.78, 5) is 27.3. The van der Waals surface area contributed by atoms with Crippen LogP contribution in [0.2, 0.25) is 0 Å². The first kappa shape index (κ1) is 17.7. The first-order chi connectivity index (χ1) is 11.5. The largest absolute Gasteiger partial charge is 0.480 e. The van der Waals surface area contributed by atoms with E-state index in [1.165, 1.54) is 30.5 Å². The van der Waals surface area contributed by atoms with E-state index in [2.05, 4.69) is 10.3 Å². The Morgan fingerprint density at radius 3 is 2.67 bits per heavy atom.